The van der Waals surface area contributed by atoms with Gasteiger partial charge in [-0.3, -0.25) is 4.79 Å². The number of rotatable bonds is 12. The Morgan fingerprint density at radius 3 is 1.57 bits per heavy atom. The lowest BCUT2D eigenvalue weighted by Crippen LogP contribution is -2.15. The normalized spacial score (nSPS) is 12.0. The van der Waals surface area contributed by atoms with Crippen molar-refractivity contribution < 1.29 is 30.0 Å². The molecule has 0 aromatic heterocycles. The highest BCUT2D eigenvalue weighted by Crippen LogP contribution is 2.10. The van der Waals surface area contributed by atoms with Crippen molar-refractivity contribution in [2.24, 2.45) is 0 Å². The highest BCUT2D eigenvalue weighted by Gasteiger charge is 1.96. The summed E-state index contributed by atoms with van der Waals surface area (Å²) >= 11 is 0. The minimum Gasteiger partial charge on any atom is -0.481 e. The topological polar surface area (TPSA) is 111 Å². The Morgan fingerprint density at radius 2 is 1.30 bits per heavy atom. The smallest absolute Gasteiger partial charge is 0.303 e. The van der Waals surface area contributed by atoms with Crippen molar-refractivity contribution in [2.75, 3.05) is 26.4 Å². The molecule has 1 rings (SSSR count). The van der Waals surface area contributed by atoms with Gasteiger partial charge < -0.3 is 25.2 Å². The molecule has 0 unspecified atom stereocenters. The van der Waals surface area contributed by atoms with E-state index >= 15 is 0 Å². The van der Waals surface area contributed by atoms with Crippen molar-refractivity contribution in [3.63, 3.8) is 0 Å². The van der Waals surface area contributed by atoms with Crippen LogP contribution in [0.5, 0.6) is 0 Å². The molecule has 6 nitrogen and oxygen atoms in total. The average molecular weight is 336 g/mol. The van der Waals surface area contributed by atoms with E-state index in [-0.39, 0.29) is 13.2 Å². The molecule has 140 valence electrons. The first-order valence-corrected chi connectivity index (χ1v) is 8.77. The highest BCUT2D eigenvalue weighted by atomic mass is 16.6. The second kappa shape index (κ2) is 21.3. The van der Waals surface area contributed by atoms with Crippen molar-refractivity contribution in [1.29, 1.82) is 0 Å². The molecule has 1 aliphatic heterocycles. The van der Waals surface area contributed by atoms with E-state index in [4.69, 9.17) is 20.4 Å². The van der Waals surface area contributed by atoms with Crippen LogP contribution < -0.4 is 0 Å². The predicted octanol–water partition coefficient (Wildman–Crippen LogP) is 2.34. The summed E-state index contributed by atoms with van der Waals surface area (Å²) < 4.78 is 4.50. The lowest BCUT2D eigenvalue weighted by Gasteiger charge is -2.00. The largest absolute Gasteiger partial charge is 0.481 e. The molecule has 6 heteroatoms. The third-order valence-corrected chi connectivity index (χ3v) is 3.12. The quantitative estimate of drug-likeness (QED) is 0.322. The molecule has 0 spiro atoms. The number of hydrogen-bond acceptors (Lipinski definition) is 5. The van der Waals surface area contributed by atoms with E-state index in [2.05, 4.69) is 11.7 Å². The molecule has 4 N–H and O–H groups in total. The van der Waals surface area contributed by atoms with Crippen LogP contribution in [0.4, 0.5) is 0 Å². The van der Waals surface area contributed by atoms with Gasteiger partial charge in [-0.25, -0.2) is 0 Å². The van der Waals surface area contributed by atoms with E-state index in [1.165, 1.54) is 44.9 Å². The van der Waals surface area contributed by atoms with Gasteiger partial charge >= 0.3 is 5.97 Å². The Morgan fingerprint density at radius 1 is 0.913 bits per heavy atom. The number of aliphatic hydroxyl groups is 3. The number of aliphatic hydroxyl groups excluding tert-OH is 3. The van der Waals surface area contributed by atoms with Gasteiger partial charge in [-0.1, -0.05) is 58.3 Å². The number of hydrogen-bond donors (Lipinski definition) is 4. The van der Waals surface area contributed by atoms with Gasteiger partial charge in [-0.15, -0.1) is 0 Å². The van der Waals surface area contributed by atoms with E-state index in [1.807, 2.05) is 0 Å². The van der Waals surface area contributed by atoms with Gasteiger partial charge in [0, 0.05) is 6.42 Å². The Balaban J connectivity index is 0. The van der Waals surface area contributed by atoms with E-state index in [1.54, 1.807) is 0 Å². The monoisotopic (exact) mass is 336 g/mol. The Kier molecular flexibility index (Phi) is 22.8. The average Bonchev–Trinajstić information content (AvgIpc) is 3.41. The summed E-state index contributed by atoms with van der Waals surface area (Å²) in [6.45, 7) is 3.50. The van der Waals surface area contributed by atoms with E-state index in [0.717, 1.165) is 26.1 Å². The number of epoxide rings is 1. The van der Waals surface area contributed by atoms with Crippen LogP contribution in [0.15, 0.2) is 0 Å². The first-order chi connectivity index (χ1) is 11.1. The van der Waals surface area contributed by atoms with Gasteiger partial charge in [0.2, 0.25) is 0 Å². The number of carboxylic acids is 1. The van der Waals surface area contributed by atoms with Gasteiger partial charge in [-0.2, -0.15) is 0 Å². The van der Waals surface area contributed by atoms with Crippen LogP contribution in [0, 0.1) is 0 Å². The van der Waals surface area contributed by atoms with Crippen LogP contribution in [-0.4, -0.2) is 58.9 Å². The Labute approximate surface area is 140 Å². The number of ether oxygens (including phenoxy) is 1. The number of carbonyl (C=O) groups is 1. The summed E-state index contributed by atoms with van der Waals surface area (Å²) in [4.78, 5) is 10.2. The second-order valence-electron chi connectivity index (χ2n) is 5.60. The zero-order valence-electron chi connectivity index (χ0n) is 14.6. The molecule has 0 aliphatic carbocycles. The molecule has 0 amide bonds. The summed E-state index contributed by atoms with van der Waals surface area (Å²) in [6, 6.07) is 0. The third-order valence-electron chi connectivity index (χ3n) is 3.12. The second-order valence-corrected chi connectivity index (χ2v) is 5.60. The van der Waals surface area contributed by atoms with Crippen LogP contribution in [0.1, 0.15) is 71.1 Å². The van der Waals surface area contributed by atoms with Crippen LogP contribution in [-0.2, 0) is 9.53 Å². The zero-order valence-corrected chi connectivity index (χ0v) is 14.6. The molecule has 0 saturated carbocycles. The van der Waals surface area contributed by atoms with Crippen molar-refractivity contribution in [1.82, 2.24) is 0 Å². The summed E-state index contributed by atoms with van der Waals surface area (Å²) in [5, 5.41) is 32.4. The number of unbranched alkanes of at least 4 members (excludes halogenated alkanes) is 8. The fraction of sp³-hybridized carbons (Fsp3) is 0.941. The number of carboxylic acid groups (broad SMARTS) is 1. The van der Waals surface area contributed by atoms with Crippen molar-refractivity contribution in [3.05, 3.63) is 0 Å². The van der Waals surface area contributed by atoms with E-state index in [0.29, 0.717) is 6.42 Å². The Bertz CT molecular complexity index is 226. The third kappa shape index (κ3) is 33.9. The summed E-state index contributed by atoms with van der Waals surface area (Å²) in [6.07, 6.45) is 10.5. The Hall–Kier alpha value is -0.690. The minimum atomic E-state index is -0.954. The van der Waals surface area contributed by atoms with Gasteiger partial charge in [-0.05, 0) is 6.42 Å². The molecule has 23 heavy (non-hydrogen) atoms. The molecule has 0 radical (unpaired) electrons. The molecular formula is C17H36O6. The zero-order chi connectivity index (χ0) is 17.8. The van der Waals surface area contributed by atoms with Crippen molar-refractivity contribution in [3.8, 4) is 0 Å². The van der Waals surface area contributed by atoms with E-state index in [9.17, 15) is 4.79 Å². The lowest BCUT2D eigenvalue weighted by molar-refractivity contribution is -0.137. The molecule has 1 aliphatic rings. The standard InChI is InChI=1S/C12H24O2.C3H8O3.C2H4O/c1-2-3-4-5-6-7-8-9-10-11-12(13)14;4-1-3(6)2-5;1-2-3-1/h2-11H2,1H3,(H,13,14);3-6H,1-2H2;1-2H2. The summed E-state index contributed by atoms with van der Waals surface area (Å²) in [5.74, 6) is -0.659. The van der Waals surface area contributed by atoms with Crippen LogP contribution in [0.2, 0.25) is 0 Å². The molecule has 1 fully saturated rings. The maximum absolute atomic E-state index is 10.2. The van der Waals surface area contributed by atoms with Gasteiger partial charge in [0.1, 0.15) is 6.10 Å². The van der Waals surface area contributed by atoms with Gasteiger partial charge in [0.05, 0.1) is 26.4 Å². The van der Waals surface area contributed by atoms with Crippen LogP contribution >= 0.6 is 0 Å². The van der Waals surface area contributed by atoms with Crippen LogP contribution in [0.3, 0.4) is 0 Å². The molecular weight excluding hydrogens is 300 g/mol. The molecule has 1 heterocycles. The highest BCUT2D eigenvalue weighted by molar-refractivity contribution is 5.66. The lowest BCUT2D eigenvalue weighted by atomic mass is 10.1. The van der Waals surface area contributed by atoms with E-state index < -0.39 is 12.1 Å². The maximum atomic E-state index is 10.2. The minimum absolute atomic E-state index is 0.343. The molecule has 1 saturated heterocycles. The molecule has 0 atom stereocenters. The first kappa shape index (κ1) is 24.6. The van der Waals surface area contributed by atoms with Crippen molar-refractivity contribution in [2.45, 2.75) is 77.2 Å². The summed E-state index contributed by atoms with van der Waals surface area (Å²) in [7, 11) is 0. The maximum Gasteiger partial charge on any atom is 0.303 e. The SMILES string of the molecule is C1CO1.CCCCCCCCCCCC(=O)O.OCC(O)CO. The molecule has 0 bridgehead atoms. The van der Waals surface area contributed by atoms with Gasteiger partial charge in [0.15, 0.2) is 0 Å². The van der Waals surface area contributed by atoms with Crippen molar-refractivity contribution >= 4 is 5.97 Å². The summed E-state index contributed by atoms with van der Waals surface area (Å²) in [5.41, 5.74) is 0. The van der Waals surface area contributed by atoms with Crippen LogP contribution in [0.25, 0.3) is 0 Å². The fourth-order valence-electron chi connectivity index (χ4n) is 1.64. The van der Waals surface area contributed by atoms with Gasteiger partial charge in [0.25, 0.3) is 0 Å². The first-order valence-electron chi connectivity index (χ1n) is 8.77. The molecule has 0 aromatic carbocycles. The predicted molar refractivity (Wildman–Crippen MR) is 90.5 cm³/mol. The fourth-order valence-corrected chi connectivity index (χ4v) is 1.64. The molecule has 0 aromatic rings. The number of aliphatic carboxylic acids is 1.